The van der Waals surface area contributed by atoms with Gasteiger partial charge in [0.25, 0.3) is 5.91 Å². The molecule has 2 N–H and O–H groups in total. The van der Waals surface area contributed by atoms with Crippen molar-refractivity contribution in [1.82, 2.24) is 4.90 Å². The molecule has 0 saturated heterocycles. The Morgan fingerprint density at radius 2 is 2.22 bits per heavy atom. The lowest BCUT2D eigenvalue weighted by molar-refractivity contribution is 0.0707. The predicted molar refractivity (Wildman–Crippen MR) is 69.7 cm³/mol. The standard InChI is InChI=1S/C14H19FN2O/c1-2-17(9-10-4-3-5-10)14(18)12-7-6-11(15)8-13(12)16/h6-8,10H,2-5,9,16H2,1H3. The van der Waals surface area contributed by atoms with Gasteiger partial charge in [0.15, 0.2) is 0 Å². The van der Waals surface area contributed by atoms with Crippen molar-refractivity contribution in [3.8, 4) is 0 Å². The molecule has 2 rings (SSSR count). The van der Waals surface area contributed by atoms with Gasteiger partial charge in [-0.15, -0.1) is 0 Å². The zero-order valence-corrected chi connectivity index (χ0v) is 10.7. The summed E-state index contributed by atoms with van der Waals surface area (Å²) < 4.78 is 13.0. The van der Waals surface area contributed by atoms with Crippen LogP contribution in [0.2, 0.25) is 0 Å². The second-order valence-electron chi connectivity index (χ2n) is 4.87. The molecule has 0 heterocycles. The highest BCUT2D eigenvalue weighted by atomic mass is 19.1. The summed E-state index contributed by atoms with van der Waals surface area (Å²) in [5, 5.41) is 0. The van der Waals surface area contributed by atoms with Crippen LogP contribution in [0, 0.1) is 11.7 Å². The average Bonchev–Trinajstić information content (AvgIpc) is 2.27. The van der Waals surface area contributed by atoms with E-state index in [1.807, 2.05) is 6.92 Å². The molecule has 0 spiro atoms. The average molecular weight is 250 g/mol. The molecular formula is C14H19FN2O. The number of nitrogen functional groups attached to an aromatic ring is 1. The molecule has 0 aliphatic heterocycles. The first-order valence-electron chi connectivity index (χ1n) is 6.46. The first kappa shape index (κ1) is 12.9. The minimum absolute atomic E-state index is 0.0955. The van der Waals surface area contributed by atoms with Gasteiger partial charge in [0.1, 0.15) is 5.82 Å². The van der Waals surface area contributed by atoms with Crippen LogP contribution in [0.5, 0.6) is 0 Å². The van der Waals surface area contributed by atoms with Crippen LogP contribution in [0.25, 0.3) is 0 Å². The Hall–Kier alpha value is -1.58. The third kappa shape index (κ3) is 2.63. The molecule has 0 bridgehead atoms. The molecule has 1 aromatic rings. The molecule has 0 unspecified atom stereocenters. The van der Waals surface area contributed by atoms with E-state index >= 15 is 0 Å². The van der Waals surface area contributed by atoms with Crippen molar-refractivity contribution in [1.29, 1.82) is 0 Å². The first-order chi connectivity index (χ1) is 8.61. The molecule has 3 nitrogen and oxygen atoms in total. The molecule has 18 heavy (non-hydrogen) atoms. The lowest BCUT2D eigenvalue weighted by Crippen LogP contribution is -2.37. The van der Waals surface area contributed by atoms with Crippen LogP contribution in [0.15, 0.2) is 18.2 Å². The smallest absolute Gasteiger partial charge is 0.255 e. The number of nitrogens with zero attached hydrogens (tertiary/aromatic N) is 1. The van der Waals surface area contributed by atoms with Crippen LogP contribution < -0.4 is 5.73 Å². The Kier molecular flexibility index (Phi) is 3.84. The van der Waals surface area contributed by atoms with Crippen molar-refractivity contribution in [2.75, 3.05) is 18.8 Å². The van der Waals surface area contributed by atoms with Gasteiger partial charge in [-0.25, -0.2) is 4.39 Å². The summed E-state index contributed by atoms with van der Waals surface area (Å²) in [4.78, 5) is 14.1. The second-order valence-corrected chi connectivity index (χ2v) is 4.87. The maximum absolute atomic E-state index is 13.0. The van der Waals surface area contributed by atoms with E-state index in [1.54, 1.807) is 4.90 Å². The molecule has 1 aliphatic carbocycles. The number of halogens is 1. The highest BCUT2D eigenvalue weighted by molar-refractivity contribution is 5.99. The number of carbonyl (C=O) groups is 1. The molecule has 1 saturated carbocycles. The molecule has 1 aromatic carbocycles. The third-order valence-electron chi connectivity index (χ3n) is 3.62. The van der Waals surface area contributed by atoms with Crippen molar-refractivity contribution in [3.05, 3.63) is 29.6 Å². The van der Waals surface area contributed by atoms with E-state index in [-0.39, 0.29) is 11.6 Å². The van der Waals surface area contributed by atoms with E-state index in [1.165, 1.54) is 37.5 Å². The lowest BCUT2D eigenvalue weighted by Gasteiger charge is -2.32. The summed E-state index contributed by atoms with van der Waals surface area (Å²) in [5.41, 5.74) is 6.32. The molecule has 1 aliphatic rings. The number of carbonyl (C=O) groups excluding carboxylic acids is 1. The summed E-state index contributed by atoms with van der Waals surface area (Å²) in [5.74, 6) is 0.114. The fourth-order valence-corrected chi connectivity index (χ4v) is 2.24. The van der Waals surface area contributed by atoms with Gasteiger partial charge in [0.2, 0.25) is 0 Å². The second kappa shape index (κ2) is 5.38. The van der Waals surface area contributed by atoms with Crippen molar-refractivity contribution in [2.45, 2.75) is 26.2 Å². The number of anilines is 1. The Balaban J connectivity index is 2.11. The fraction of sp³-hybridized carbons (Fsp3) is 0.500. The summed E-state index contributed by atoms with van der Waals surface area (Å²) in [6, 6.07) is 3.95. The first-order valence-corrected chi connectivity index (χ1v) is 6.46. The van der Waals surface area contributed by atoms with Crippen LogP contribution in [0.1, 0.15) is 36.5 Å². The minimum Gasteiger partial charge on any atom is -0.398 e. The number of benzene rings is 1. The maximum atomic E-state index is 13.0. The Morgan fingerprint density at radius 1 is 1.50 bits per heavy atom. The van der Waals surface area contributed by atoms with Gasteiger partial charge in [-0.05, 0) is 43.9 Å². The van der Waals surface area contributed by atoms with E-state index in [0.717, 1.165) is 6.54 Å². The summed E-state index contributed by atoms with van der Waals surface area (Å²) in [6.07, 6.45) is 3.65. The molecule has 0 radical (unpaired) electrons. The number of rotatable bonds is 4. The minimum atomic E-state index is -0.411. The number of amides is 1. The number of hydrogen-bond donors (Lipinski definition) is 1. The van der Waals surface area contributed by atoms with Crippen molar-refractivity contribution < 1.29 is 9.18 Å². The summed E-state index contributed by atoms with van der Waals surface area (Å²) >= 11 is 0. The zero-order chi connectivity index (χ0) is 13.1. The van der Waals surface area contributed by atoms with Gasteiger partial charge in [-0.1, -0.05) is 6.42 Å². The third-order valence-corrected chi connectivity index (χ3v) is 3.62. The lowest BCUT2D eigenvalue weighted by atomic mass is 9.85. The van der Waals surface area contributed by atoms with E-state index in [4.69, 9.17) is 5.73 Å². The normalized spacial score (nSPS) is 15.2. The van der Waals surface area contributed by atoms with Gasteiger partial charge < -0.3 is 10.6 Å². The summed E-state index contributed by atoms with van der Waals surface area (Å²) in [6.45, 7) is 3.40. The molecule has 0 aromatic heterocycles. The summed E-state index contributed by atoms with van der Waals surface area (Å²) in [7, 11) is 0. The van der Waals surface area contributed by atoms with E-state index in [0.29, 0.717) is 18.0 Å². The maximum Gasteiger partial charge on any atom is 0.255 e. The monoisotopic (exact) mass is 250 g/mol. The van der Waals surface area contributed by atoms with Gasteiger partial charge in [-0.2, -0.15) is 0 Å². The molecule has 98 valence electrons. The SMILES string of the molecule is CCN(CC1CCC1)C(=O)c1ccc(F)cc1N. The van der Waals surface area contributed by atoms with Crippen molar-refractivity contribution in [2.24, 2.45) is 5.92 Å². The van der Waals surface area contributed by atoms with E-state index < -0.39 is 5.82 Å². The quantitative estimate of drug-likeness (QED) is 0.835. The van der Waals surface area contributed by atoms with Crippen molar-refractivity contribution in [3.63, 3.8) is 0 Å². The number of nitrogens with two attached hydrogens (primary N) is 1. The van der Waals surface area contributed by atoms with Crippen LogP contribution in [-0.2, 0) is 0 Å². The van der Waals surface area contributed by atoms with Gasteiger partial charge in [0, 0.05) is 18.8 Å². The van der Waals surface area contributed by atoms with Crippen molar-refractivity contribution >= 4 is 11.6 Å². The fourth-order valence-electron chi connectivity index (χ4n) is 2.24. The van der Waals surface area contributed by atoms with Gasteiger partial charge in [-0.3, -0.25) is 4.79 Å². The van der Waals surface area contributed by atoms with E-state index in [9.17, 15) is 9.18 Å². The highest BCUT2D eigenvalue weighted by Crippen LogP contribution is 2.28. The molecule has 4 heteroatoms. The highest BCUT2D eigenvalue weighted by Gasteiger charge is 2.24. The molecule has 0 atom stereocenters. The number of hydrogen-bond acceptors (Lipinski definition) is 2. The van der Waals surface area contributed by atoms with Gasteiger partial charge in [0.05, 0.1) is 5.56 Å². The molecule has 1 amide bonds. The van der Waals surface area contributed by atoms with E-state index in [2.05, 4.69) is 0 Å². The Morgan fingerprint density at radius 3 is 2.72 bits per heavy atom. The Bertz CT molecular complexity index is 443. The van der Waals surface area contributed by atoms with Crippen LogP contribution >= 0.6 is 0 Å². The molecular weight excluding hydrogens is 231 g/mol. The Labute approximate surface area is 107 Å². The topological polar surface area (TPSA) is 46.3 Å². The largest absolute Gasteiger partial charge is 0.398 e. The van der Waals surface area contributed by atoms with Crippen LogP contribution in [-0.4, -0.2) is 23.9 Å². The van der Waals surface area contributed by atoms with Gasteiger partial charge >= 0.3 is 0 Å². The zero-order valence-electron chi connectivity index (χ0n) is 10.7. The predicted octanol–water partition coefficient (Wildman–Crippen LogP) is 2.67. The molecule has 1 fully saturated rings. The van der Waals surface area contributed by atoms with Crippen LogP contribution in [0.4, 0.5) is 10.1 Å². The van der Waals surface area contributed by atoms with Crippen LogP contribution in [0.3, 0.4) is 0 Å².